The molecular weight excluding hydrogens is 314 g/mol. The van der Waals surface area contributed by atoms with Crippen molar-refractivity contribution in [3.05, 3.63) is 35.4 Å². The third-order valence-corrected chi connectivity index (χ3v) is 6.00. The molecule has 0 radical (unpaired) electrons. The topological polar surface area (TPSA) is 55.8 Å². The zero-order chi connectivity index (χ0) is 15.9. The van der Waals surface area contributed by atoms with Gasteiger partial charge in [-0.3, -0.25) is 4.90 Å². The van der Waals surface area contributed by atoms with Crippen molar-refractivity contribution < 1.29 is 17.3 Å². The summed E-state index contributed by atoms with van der Waals surface area (Å²) in [5, 5.41) is 0. The van der Waals surface area contributed by atoms with E-state index in [1.165, 1.54) is 6.42 Å². The van der Waals surface area contributed by atoms with E-state index in [-0.39, 0.29) is 11.8 Å². The number of hydrogen-bond donors (Lipinski definition) is 0. The van der Waals surface area contributed by atoms with Gasteiger partial charge in [-0.1, -0.05) is 18.6 Å². The van der Waals surface area contributed by atoms with E-state index in [0.717, 1.165) is 37.1 Å². The first-order valence-corrected chi connectivity index (χ1v) is 9.83. The van der Waals surface area contributed by atoms with Gasteiger partial charge in [-0.15, -0.1) is 0 Å². The van der Waals surface area contributed by atoms with E-state index in [1.54, 1.807) is 0 Å². The third kappa shape index (κ3) is 2.85. The maximum atomic E-state index is 12.4. The van der Waals surface area contributed by atoms with Gasteiger partial charge in [-0.2, -0.15) is 8.42 Å². The number of ether oxygens (including phenoxy) is 1. The van der Waals surface area contributed by atoms with Gasteiger partial charge in [0.15, 0.2) is 5.76 Å². The van der Waals surface area contributed by atoms with Crippen LogP contribution in [0.5, 0.6) is 5.75 Å². The molecule has 0 N–H and O–H groups in total. The Labute approximate surface area is 137 Å². The molecule has 124 valence electrons. The van der Waals surface area contributed by atoms with Crippen LogP contribution in [-0.2, 0) is 14.3 Å². The molecule has 4 rings (SSSR count). The van der Waals surface area contributed by atoms with Gasteiger partial charge >= 0.3 is 10.1 Å². The Morgan fingerprint density at radius 2 is 1.87 bits per heavy atom. The van der Waals surface area contributed by atoms with Gasteiger partial charge in [-0.25, -0.2) is 0 Å². The molecule has 3 aliphatic heterocycles. The van der Waals surface area contributed by atoms with Crippen molar-refractivity contribution in [2.24, 2.45) is 0 Å². The molecule has 1 saturated heterocycles. The Bertz CT molecular complexity index is 735. The average Bonchev–Trinajstić information content (AvgIpc) is 2.74. The molecule has 1 aromatic rings. The van der Waals surface area contributed by atoms with Crippen LogP contribution >= 0.6 is 0 Å². The summed E-state index contributed by atoms with van der Waals surface area (Å²) < 4.78 is 36.0. The highest BCUT2D eigenvalue weighted by Crippen LogP contribution is 2.40. The van der Waals surface area contributed by atoms with Crippen LogP contribution in [-0.4, -0.2) is 44.8 Å². The van der Waals surface area contributed by atoms with Crippen LogP contribution in [0, 0.1) is 0 Å². The second-order valence-electron chi connectivity index (χ2n) is 6.37. The molecule has 0 aliphatic carbocycles. The molecule has 5 nitrogen and oxygen atoms in total. The second kappa shape index (κ2) is 5.83. The summed E-state index contributed by atoms with van der Waals surface area (Å²) in [6.07, 6.45) is 4.20. The van der Waals surface area contributed by atoms with E-state index in [1.807, 2.05) is 24.3 Å². The van der Waals surface area contributed by atoms with Gasteiger partial charge in [0.25, 0.3) is 0 Å². The van der Waals surface area contributed by atoms with Crippen molar-refractivity contribution in [1.29, 1.82) is 0 Å². The van der Waals surface area contributed by atoms with Crippen molar-refractivity contribution in [1.82, 2.24) is 4.90 Å². The summed E-state index contributed by atoms with van der Waals surface area (Å²) >= 11 is 0. The first-order chi connectivity index (χ1) is 11.1. The summed E-state index contributed by atoms with van der Waals surface area (Å²) in [5.74, 6) is 1.25. The van der Waals surface area contributed by atoms with Gasteiger partial charge in [0, 0.05) is 6.42 Å². The molecule has 1 aromatic carbocycles. The molecule has 0 saturated carbocycles. The number of nitrogens with zero attached hydrogens (tertiary/aromatic N) is 1. The maximum Gasteiger partial charge on any atom is 0.311 e. The van der Waals surface area contributed by atoms with Crippen LogP contribution in [0.15, 0.2) is 29.8 Å². The van der Waals surface area contributed by atoms with Gasteiger partial charge in [0.2, 0.25) is 0 Å². The minimum absolute atomic E-state index is 0.0496. The molecule has 0 aromatic heterocycles. The molecule has 3 heterocycles. The van der Waals surface area contributed by atoms with Crippen LogP contribution < -0.4 is 4.74 Å². The maximum absolute atomic E-state index is 12.4. The summed E-state index contributed by atoms with van der Waals surface area (Å²) in [6, 6.07) is 7.44. The Kier molecular flexibility index (Phi) is 3.81. The molecule has 0 amide bonds. The Morgan fingerprint density at radius 3 is 2.70 bits per heavy atom. The van der Waals surface area contributed by atoms with Gasteiger partial charge < -0.3 is 8.92 Å². The Hall–Kier alpha value is -1.53. The standard InChI is InChI=1S/C17H21NO4S/c19-23(20)12-15(18-9-4-1-5-10-18)13-8-11-21-16-7-3-2-6-14(16)17(13)22-23/h2-3,6-7,15H,1,4-5,8-12H2. The van der Waals surface area contributed by atoms with Crippen molar-refractivity contribution in [2.75, 3.05) is 25.4 Å². The number of para-hydroxylation sites is 1. The van der Waals surface area contributed by atoms with Crippen molar-refractivity contribution in [2.45, 2.75) is 31.7 Å². The number of rotatable bonds is 1. The van der Waals surface area contributed by atoms with Crippen LogP contribution in [0.1, 0.15) is 31.2 Å². The van der Waals surface area contributed by atoms with Crippen molar-refractivity contribution in [3.8, 4) is 5.75 Å². The Balaban J connectivity index is 1.82. The van der Waals surface area contributed by atoms with Crippen molar-refractivity contribution in [3.63, 3.8) is 0 Å². The van der Waals surface area contributed by atoms with Crippen LogP contribution in [0.2, 0.25) is 0 Å². The van der Waals surface area contributed by atoms with Crippen molar-refractivity contribution >= 4 is 15.9 Å². The number of likely N-dealkylation sites (tertiary alicyclic amines) is 1. The molecule has 0 spiro atoms. The predicted octanol–water partition coefficient (Wildman–Crippen LogP) is 2.39. The zero-order valence-electron chi connectivity index (χ0n) is 13.0. The monoisotopic (exact) mass is 335 g/mol. The van der Waals surface area contributed by atoms with E-state index in [4.69, 9.17) is 8.92 Å². The van der Waals surface area contributed by atoms with E-state index < -0.39 is 10.1 Å². The molecule has 6 heteroatoms. The molecular formula is C17H21NO4S. The van der Waals surface area contributed by atoms with E-state index >= 15 is 0 Å². The van der Waals surface area contributed by atoms with Gasteiger partial charge in [-0.05, 0) is 43.6 Å². The first kappa shape index (κ1) is 15.0. The normalized spacial score (nSPS) is 27.2. The minimum atomic E-state index is -3.57. The van der Waals surface area contributed by atoms with Gasteiger partial charge in [0.1, 0.15) is 11.5 Å². The van der Waals surface area contributed by atoms with E-state index in [9.17, 15) is 8.42 Å². The molecule has 3 aliphatic rings. The van der Waals surface area contributed by atoms with Crippen LogP contribution in [0.25, 0.3) is 5.76 Å². The predicted molar refractivity (Wildman–Crippen MR) is 87.6 cm³/mol. The SMILES string of the molecule is O=S1(=O)CC(N2CCCCC2)C2=C(O1)c1ccccc1OCC2. The first-order valence-electron chi connectivity index (χ1n) is 8.25. The highest BCUT2D eigenvalue weighted by Gasteiger charge is 2.39. The quantitative estimate of drug-likeness (QED) is 0.738. The van der Waals surface area contributed by atoms with E-state index in [0.29, 0.717) is 24.5 Å². The lowest BCUT2D eigenvalue weighted by atomic mass is 9.97. The van der Waals surface area contributed by atoms with Gasteiger partial charge in [0.05, 0.1) is 18.2 Å². The summed E-state index contributed by atoms with van der Waals surface area (Å²) in [7, 11) is -3.57. The highest BCUT2D eigenvalue weighted by atomic mass is 32.2. The fourth-order valence-corrected chi connectivity index (χ4v) is 5.08. The van der Waals surface area contributed by atoms with Crippen LogP contribution in [0.4, 0.5) is 0 Å². The second-order valence-corrected chi connectivity index (χ2v) is 7.98. The van der Waals surface area contributed by atoms with E-state index in [2.05, 4.69) is 4.90 Å². The molecule has 23 heavy (non-hydrogen) atoms. The third-order valence-electron chi connectivity index (χ3n) is 4.86. The lowest BCUT2D eigenvalue weighted by molar-refractivity contribution is 0.185. The minimum Gasteiger partial charge on any atom is -0.492 e. The fraction of sp³-hybridized carbons (Fsp3) is 0.529. The number of piperidine rings is 1. The molecule has 1 fully saturated rings. The lowest BCUT2D eigenvalue weighted by Gasteiger charge is -2.38. The average molecular weight is 335 g/mol. The Morgan fingerprint density at radius 1 is 1.09 bits per heavy atom. The lowest BCUT2D eigenvalue weighted by Crippen LogP contribution is -2.47. The molecule has 1 atom stereocenters. The largest absolute Gasteiger partial charge is 0.492 e. The highest BCUT2D eigenvalue weighted by molar-refractivity contribution is 7.87. The zero-order valence-corrected chi connectivity index (χ0v) is 13.8. The molecule has 1 unspecified atom stereocenters. The smallest absolute Gasteiger partial charge is 0.311 e. The summed E-state index contributed by atoms with van der Waals surface area (Å²) in [5.41, 5.74) is 1.83. The molecule has 0 bridgehead atoms. The fourth-order valence-electron chi connectivity index (χ4n) is 3.76. The van der Waals surface area contributed by atoms with Crippen LogP contribution in [0.3, 0.4) is 0 Å². The summed E-state index contributed by atoms with van der Waals surface area (Å²) in [4.78, 5) is 2.31. The summed E-state index contributed by atoms with van der Waals surface area (Å²) in [6.45, 7) is 2.47. The number of hydrogen-bond acceptors (Lipinski definition) is 5. The number of benzene rings is 1. The number of fused-ring (bicyclic) bond motifs is 2.